The van der Waals surface area contributed by atoms with E-state index < -0.39 is 19.8 Å². The molecule has 0 bridgehead atoms. The molecule has 1 heterocycles. The SMILES string of the molecule is C/C=C\C[C@@H](C/C=C\CC(=O)[C@@H](NC(=O)/C=C/C#C/C=C/[C@H](C)[C@@H]1CC=C(C)C(=O)O1)C(C)(C)C)O[Si](c1ccccc1)(c1ccccc1)C(C)(C)C. The highest BCUT2D eigenvalue weighted by atomic mass is 28.4. The summed E-state index contributed by atoms with van der Waals surface area (Å²) in [6.07, 6.45) is 18.4. The number of amides is 1. The van der Waals surface area contributed by atoms with Crippen molar-refractivity contribution in [1.82, 2.24) is 5.32 Å². The molecule has 0 fully saturated rings. The normalized spacial score (nSPS) is 17.3. The third-order valence-corrected chi connectivity index (χ3v) is 14.6. The minimum absolute atomic E-state index is 0.00606. The average Bonchev–Trinajstić information content (AvgIpc) is 3.12. The van der Waals surface area contributed by atoms with Crippen LogP contribution >= 0.6 is 0 Å². The van der Waals surface area contributed by atoms with E-state index in [0.717, 1.165) is 6.42 Å². The van der Waals surface area contributed by atoms with E-state index >= 15 is 0 Å². The second-order valence-corrected chi connectivity index (χ2v) is 20.1. The maximum absolute atomic E-state index is 13.5. The number of benzene rings is 2. The molecule has 1 aliphatic rings. The Hall–Kier alpha value is -4.51. The van der Waals surface area contributed by atoms with Gasteiger partial charge in [0.05, 0.1) is 12.1 Å². The van der Waals surface area contributed by atoms with Gasteiger partial charge in [0.15, 0.2) is 5.78 Å². The number of esters is 1. The molecule has 0 saturated carbocycles. The van der Waals surface area contributed by atoms with Gasteiger partial charge in [0, 0.05) is 30.4 Å². The number of Topliss-reactive ketones (excluding diaryl/α,β-unsaturated/α-hetero) is 1. The van der Waals surface area contributed by atoms with E-state index in [1.54, 1.807) is 13.0 Å². The fraction of sp³-hybridized carbons (Fsp3) is 0.413. The molecule has 4 atom stereocenters. The van der Waals surface area contributed by atoms with Crippen LogP contribution in [0.2, 0.25) is 5.04 Å². The summed E-state index contributed by atoms with van der Waals surface area (Å²) in [6, 6.07) is 20.6. The minimum atomic E-state index is -2.76. The molecule has 1 amide bonds. The summed E-state index contributed by atoms with van der Waals surface area (Å²) in [4.78, 5) is 38.2. The van der Waals surface area contributed by atoms with E-state index in [2.05, 4.69) is 98.6 Å². The van der Waals surface area contributed by atoms with Gasteiger partial charge in [-0.25, -0.2) is 4.79 Å². The van der Waals surface area contributed by atoms with Crippen molar-refractivity contribution in [2.75, 3.05) is 0 Å². The quantitative estimate of drug-likeness (QED) is 0.0655. The van der Waals surface area contributed by atoms with Gasteiger partial charge in [-0.1, -0.05) is 157 Å². The van der Waals surface area contributed by atoms with Gasteiger partial charge >= 0.3 is 5.97 Å². The number of carbonyl (C=O) groups excluding carboxylic acids is 3. The van der Waals surface area contributed by atoms with Crippen LogP contribution in [0.1, 0.15) is 88.0 Å². The molecule has 0 aromatic heterocycles. The molecule has 2 aromatic rings. The van der Waals surface area contributed by atoms with Gasteiger partial charge in [-0.2, -0.15) is 0 Å². The maximum atomic E-state index is 13.5. The number of nitrogens with one attached hydrogen (secondary N) is 1. The van der Waals surface area contributed by atoms with Gasteiger partial charge in [0.25, 0.3) is 8.32 Å². The smallest absolute Gasteiger partial charge is 0.333 e. The van der Waals surface area contributed by atoms with Crippen molar-refractivity contribution in [3.8, 4) is 11.8 Å². The van der Waals surface area contributed by atoms with E-state index in [9.17, 15) is 14.4 Å². The van der Waals surface area contributed by atoms with Crippen LogP contribution in [0.5, 0.6) is 0 Å². The third-order valence-electron chi connectivity index (χ3n) is 9.46. The Kier molecular flexibility index (Phi) is 16.3. The summed E-state index contributed by atoms with van der Waals surface area (Å²) in [6.45, 7) is 18.4. The van der Waals surface area contributed by atoms with Crippen molar-refractivity contribution in [1.29, 1.82) is 0 Å². The molecule has 1 aliphatic heterocycles. The van der Waals surface area contributed by atoms with Gasteiger partial charge in [0.2, 0.25) is 5.91 Å². The molecular formula is C46H59NO5Si. The van der Waals surface area contributed by atoms with Crippen LogP contribution in [0.25, 0.3) is 0 Å². The highest BCUT2D eigenvalue weighted by molar-refractivity contribution is 6.99. The fourth-order valence-electron chi connectivity index (χ4n) is 6.47. The van der Waals surface area contributed by atoms with E-state index in [-0.39, 0.29) is 47.2 Å². The first kappa shape index (κ1) is 42.9. The molecule has 0 saturated heterocycles. The van der Waals surface area contributed by atoms with Crippen LogP contribution in [0.15, 0.2) is 121 Å². The predicted octanol–water partition coefficient (Wildman–Crippen LogP) is 8.35. The van der Waals surface area contributed by atoms with Crippen molar-refractivity contribution in [2.45, 2.75) is 111 Å². The van der Waals surface area contributed by atoms with Crippen molar-refractivity contribution in [3.05, 3.63) is 121 Å². The highest BCUT2D eigenvalue weighted by Crippen LogP contribution is 2.38. The zero-order chi connectivity index (χ0) is 39.1. The lowest BCUT2D eigenvalue weighted by atomic mass is 9.83. The third kappa shape index (κ3) is 12.5. The second kappa shape index (κ2) is 20.1. The predicted molar refractivity (Wildman–Crippen MR) is 220 cm³/mol. The Morgan fingerprint density at radius 1 is 0.925 bits per heavy atom. The Labute approximate surface area is 319 Å². The number of rotatable bonds is 15. The second-order valence-electron chi connectivity index (χ2n) is 15.8. The van der Waals surface area contributed by atoms with Crippen molar-refractivity contribution in [3.63, 3.8) is 0 Å². The molecule has 2 aromatic carbocycles. The summed E-state index contributed by atoms with van der Waals surface area (Å²) in [5.41, 5.74) is 0.144. The molecule has 282 valence electrons. The molecule has 3 rings (SSSR count). The number of ketones is 1. The van der Waals surface area contributed by atoms with E-state index in [1.165, 1.54) is 22.5 Å². The van der Waals surface area contributed by atoms with E-state index in [4.69, 9.17) is 9.16 Å². The van der Waals surface area contributed by atoms with Crippen LogP contribution in [0.3, 0.4) is 0 Å². The maximum Gasteiger partial charge on any atom is 0.333 e. The van der Waals surface area contributed by atoms with Gasteiger partial charge < -0.3 is 14.5 Å². The first-order chi connectivity index (χ1) is 25.1. The standard InChI is InChI=1S/C46H59NO5Si/c1-10-11-25-37(52-53(46(7,8)9,38-27-17-14-18-28-38)39-29-19-15-20-30-39)26-22-23-31-40(48)43(45(4,5)6)47-42(49)32-21-13-12-16-24-35(2)41-34-33-36(3)44(50)51-41/h10-11,14-24,27-30,32-33,35,37,41,43H,25-26,31,34H2,1-9H3,(H,47,49)/b11-10-,23-22-,24-16+,32-21+/t35-,37-,41-,43+/m0/s1. The topological polar surface area (TPSA) is 81.7 Å². The first-order valence-corrected chi connectivity index (χ1v) is 20.6. The van der Waals surface area contributed by atoms with Crippen LogP contribution < -0.4 is 15.7 Å². The van der Waals surface area contributed by atoms with Gasteiger partial charge in [-0.05, 0) is 59.7 Å². The number of hydrogen-bond donors (Lipinski definition) is 1. The molecule has 1 N–H and O–H groups in total. The molecule has 0 unspecified atom stereocenters. The zero-order valence-electron chi connectivity index (χ0n) is 33.1. The molecular weight excluding hydrogens is 675 g/mol. The van der Waals surface area contributed by atoms with E-state index in [0.29, 0.717) is 18.4 Å². The van der Waals surface area contributed by atoms with Gasteiger partial charge in [-0.15, -0.1) is 0 Å². The van der Waals surface area contributed by atoms with Crippen LogP contribution in [-0.4, -0.2) is 44.2 Å². The fourth-order valence-corrected chi connectivity index (χ4v) is 11.2. The van der Waals surface area contributed by atoms with Crippen LogP contribution in [-0.2, 0) is 23.5 Å². The number of carbonyl (C=O) groups is 3. The number of hydrogen-bond acceptors (Lipinski definition) is 5. The summed E-state index contributed by atoms with van der Waals surface area (Å²) in [5, 5.41) is 5.21. The zero-order valence-corrected chi connectivity index (χ0v) is 34.1. The van der Waals surface area contributed by atoms with Crippen LogP contribution in [0.4, 0.5) is 0 Å². The Balaban J connectivity index is 1.67. The Bertz CT molecular complexity index is 1690. The lowest BCUT2D eigenvalue weighted by Crippen LogP contribution is -2.67. The Morgan fingerprint density at radius 2 is 1.51 bits per heavy atom. The minimum Gasteiger partial charge on any atom is -0.458 e. The molecule has 6 nitrogen and oxygen atoms in total. The first-order valence-electron chi connectivity index (χ1n) is 18.7. The molecule has 0 spiro atoms. The molecule has 7 heteroatoms. The van der Waals surface area contributed by atoms with Gasteiger partial charge in [0.1, 0.15) is 6.10 Å². The largest absolute Gasteiger partial charge is 0.458 e. The molecule has 0 radical (unpaired) electrons. The van der Waals surface area contributed by atoms with Crippen LogP contribution in [0, 0.1) is 23.2 Å². The number of allylic oxidation sites excluding steroid dienone is 4. The average molecular weight is 734 g/mol. The lowest BCUT2D eigenvalue weighted by Gasteiger charge is -2.45. The van der Waals surface area contributed by atoms with E-state index in [1.807, 2.05) is 71.1 Å². The lowest BCUT2D eigenvalue weighted by molar-refractivity contribution is -0.147. The summed E-state index contributed by atoms with van der Waals surface area (Å²) >= 11 is 0. The van der Waals surface area contributed by atoms with Crippen molar-refractivity contribution in [2.24, 2.45) is 11.3 Å². The summed E-state index contributed by atoms with van der Waals surface area (Å²) in [7, 11) is -2.76. The summed E-state index contributed by atoms with van der Waals surface area (Å²) in [5.74, 6) is 5.01. The number of cyclic esters (lactones) is 1. The summed E-state index contributed by atoms with van der Waals surface area (Å²) < 4.78 is 12.9. The molecule has 53 heavy (non-hydrogen) atoms. The molecule has 0 aliphatic carbocycles. The number of ether oxygens (including phenoxy) is 1. The van der Waals surface area contributed by atoms with Crippen molar-refractivity contribution < 1.29 is 23.5 Å². The van der Waals surface area contributed by atoms with Gasteiger partial charge in [-0.3, -0.25) is 9.59 Å². The highest BCUT2D eigenvalue weighted by Gasteiger charge is 2.51. The van der Waals surface area contributed by atoms with Crippen molar-refractivity contribution >= 4 is 36.4 Å². The monoisotopic (exact) mass is 733 g/mol. The Morgan fingerprint density at radius 3 is 2.06 bits per heavy atom.